The molecule has 26 heavy (non-hydrogen) atoms. The van der Waals surface area contributed by atoms with Crippen molar-refractivity contribution in [3.63, 3.8) is 0 Å². The number of rotatable bonds is 7. The summed E-state index contributed by atoms with van der Waals surface area (Å²) in [4.78, 5) is 36.6. The normalized spacial score (nSPS) is 15.0. The molecular weight excluding hydrogens is 336 g/mol. The number of carbonyl (C=O) groups is 3. The number of aliphatic carboxylic acids is 1. The first-order valence-corrected chi connectivity index (χ1v) is 8.61. The molecule has 1 fully saturated rings. The van der Waals surface area contributed by atoms with E-state index in [-0.39, 0.29) is 30.8 Å². The van der Waals surface area contributed by atoms with Crippen LogP contribution in [-0.2, 0) is 14.3 Å². The van der Waals surface area contributed by atoms with Crippen molar-refractivity contribution in [2.75, 3.05) is 26.8 Å². The minimum Gasteiger partial charge on any atom is -0.481 e. The molecule has 0 atom stereocenters. The van der Waals surface area contributed by atoms with Crippen molar-refractivity contribution in [1.82, 2.24) is 10.2 Å². The summed E-state index contributed by atoms with van der Waals surface area (Å²) in [6.07, 6.45) is 4.45. The van der Waals surface area contributed by atoms with Gasteiger partial charge in [-0.3, -0.25) is 14.4 Å². The molecule has 0 saturated carbocycles. The highest BCUT2D eigenvalue weighted by Gasteiger charge is 2.24. The summed E-state index contributed by atoms with van der Waals surface area (Å²) < 4.78 is 5.32. The van der Waals surface area contributed by atoms with Crippen LogP contribution >= 0.6 is 0 Å². The van der Waals surface area contributed by atoms with Gasteiger partial charge in [-0.25, -0.2) is 0 Å². The van der Waals surface area contributed by atoms with Gasteiger partial charge >= 0.3 is 5.97 Å². The minimum absolute atomic E-state index is 0.00382. The number of benzene rings is 1. The zero-order valence-corrected chi connectivity index (χ0v) is 14.8. The SMILES string of the molecule is CNC(=O)c1ccc(/C=C/C(=O)N(CCC(=O)O)C2CCOCC2)cc1. The van der Waals surface area contributed by atoms with Crippen molar-refractivity contribution >= 4 is 23.9 Å². The maximum Gasteiger partial charge on any atom is 0.305 e. The van der Waals surface area contributed by atoms with Crippen molar-refractivity contribution in [1.29, 1.82) is 0 Å². The number of carboxylic acids is 1. The van der Waals surface area contributed by atoms with Crippen LogP contribution in [0.15, 0.2) is 30.3 Å². The number of carbonyl (C=O) groups excluding carboxylic acids is 2. The van der Waals surface area contributed by atoms with Crippen molar-refractivity contribution in [2.45, 2.75) is 25.3 Å². The summed E-state index contributed by atoms with van der Waals surface area (Å²) >= 11 is 0. The van der Waals surface area contributed by atoms with Crippen molar-refractivity contribution in [2.24, 2.45) is 0 Å². The molecule has 2 amide bonds. The van der Waals surface area contributed by atoms with Gasteiger partial charge in [-0.1, -0.05) is 12.1 Å². The molecule has 1 aliphatic heterocycles. The lowest BCUT2D eigenvalue weighted by atomic mass is 10.1. The van der Waals surface area contributed by atoms with Gasteiger partial charge in [0, 0.05) is 44.5 Å². The lowest BCUT2D eigenvalue weighted by Gasteiger charge is -2.33. The van der Waals surface area contributed by atoms with Gasteiger partial charge in [-0.2, -0.15) is 0 Å². The van der Waals surface area contributed by atoms with Crippen molar-refractivity contribution < 1.29 is 24.2 Å². The number of ether oxygens (including phenoxy) is 1. The van der Waals surface area contributed by atoms with E-state index in [9.17, 15) is 14.4 Å². The summed E-state index contributed by atoms with van der Waals surface area (Å²) in [6, 6.07) is 6.87. The van der Waals surface area contributed by atoms with Crippen molar-refractivity contribution in [3.8, 4) is 0 Å². The Labute approximate surface area is 152 Å². The van der Waals surface area contributed by atoms with Crippen LogP contribution in [0.1, 0.15) is 35.2 Å². The van der Waals surface area contributed by atoms with Gasteiger partial charge in [-0.15, -0.1) is 0 Å². The van der Waals surface area contributed by atoms with Gasteiger partial charge in [0.05, 0.1) is 6.42 Å². The standard InChI is InChI=1S/C19H24N2O5/c1-20-19(25)15-5-2-14(3-6-15)4-7-17(22)21(11-8-18(23)24)16-9-12-26-13-10-16/h2-7,16H,8-13H2,1H3,(H,20,25)(H,23,24)/b7-4+. The highest BCUT2D eigenvalue weighted by Crippen LogP contribution is 2.16. The third kappa shape index (κ3) is 5.70. The van der Waals surface area contributed by atoms with Crippen LogP contribution in [0.2, 0.25) is 0 Å². The van der Waals surface area contributed by atoms with E-state index in [0.717, 1.165) is 5.56 Å². The maximum atomic E-state index is 12.6. The number of amides is 2. The molecule has 2 N–H and O–H groups in total. The van der Waals surface area contributed by atoms with Gasteiger partial charge in [0.2, 0.25) is 5.91 Å². The molecule has 7 heteroatoms. The monoisotopic (exact) mass is 360 g/mol. The Balaban J connectivity index is 2.05. The van der Waals surface area contributed by atoms with E-state index in [0.29, 0.717) is 31.6 Å². The fourth-order valence-corrected chi connectivity index (χ4v) is 2.84. The molecule has 2 rings (SSSR count). The Morgan fingerprint density at radius 1 is 1.23 bits per heavy atom. The molecule has 0 spiro atoms. The molecule has 1 aromatic rings. The van der Waals surface area contributed by atoms with Gasteiger partial charge in [0.25, 0.3) is 5.91 Å². The Bertz CT molecular complexity index is 663. The third-order valence-corrected chi connectivity index (χ3v) is 4.30. The Kier molecular flexibility index (Phi) is 7.35. The number of hydrogen-bond acceptors (Lipinski definition) is 4. The van der Waals surface area contributed by atoms with Gasteiger partial charge in [0.15, 0.2) is 0 Å². The summed E-state index contributed by atoms with van der Waals surface area (Å²) in [6.45, 7) is 1.33. The average Bonchev–Trinajstić information content (AvgIpc) is 2.67. The molecular formula is C19H24N2O5. The Morgan fingerprint density at radius 3 is 2.46 bits per heavy atom. The van der Waals surface area contributed by atoms with Gasteiger partial charge < -0.3 is 20.1 Å². The van der Waals surface area contributed by atoms with Crippen molar-refractivity contribution in [3.05, 3.63) is 41.5 Å². The first kappa shape index (κ1) is 19.7. The first-order valence-electron chi connectivity index (χ1n) is 8.61. The van der Waals surface area contributed by atoms with Crippen LogP contribution in [0, 0.1) is 0 Å². The highest BCUT2D eigenvalue weighted by atomic mass is 16.5. The fraction of sp³-hybridized carbons (Fsp3) is 0.421. The van der Waals surface area contributed by atoms with Crippen LogP contribution in [0.5, 0.6) is 0 Å². The number of hydrogen-bond donors (Lipinski definition) is 2. The largest absolute Gasteiger partial charge is 0.481 e. The number of carboxylic acid groups (broad SMARTS) is 1. The molecule has 1 saturated heterocycles. The summed E-state index contributed by atoms with van der Waals surface area (Å²) in [5, 5.41) is 11.5. The second-order valence-corrected chi connectivity index (χ2v) is 6.05. The first-order chi connectivity index (χ1) is 12.5. The molecule has 1 aliphatic rings. The molecule has 140 valence electrons. The maximum absolute atomic E-state index is 12.6. The predicted octanol–water partition coefficient (Wildman–Crippen LogP) is 1.54. The molecule has 0 aliphatic carbocycles. The zero-order valence-electron chi connectivity index (χ0n) is 14.8. The molecule has 1 heterocycles. The van der Waals surface area contributed by atoms with E-state index >= 15 is 0 Å². The van der Waals surface area contributed by atoms with E-state index in [4.69, 9.17) is 9.84 Å². The smallest absolute Gasteiger partial charge is 0.305 e. The Hall–Kier alpha value is -2.67. The van der Waals surface area contributed by atoms with Gasteiger partial charge in [0.1, 0.15) is 0 Å². The van der Waals surface area contributed by atoms with E-state index in [1.54, 1.807) is 42.3 Å². The lowest BCUT2D eigenvalue weighted by molar-refractivity contribution is -0.138. The summed E-state index contributed by atoms with van der Waals surface area (Å²) in [5.41, 5.74) is 1.33. The van der Waals surface area contributed by atoms with Gasteiger partial charge in [-0.05, 0) is 36.6 Å². The summed E-state index contributed by atoms with van der Waals surface area (Å²) in [7, 11) is 1.57. The molecule has 1 aromatic carbocycles. The van der Waals surface area contributed by atoms with Crippen LogP contribution < -0.4 is 5.32 Å². The molecule has 7 nitrogen and oxygen atoms in total. The lowest BCUT2D eigenvalue weighted by Crippen LogP contribution is -2.43. The van der Waals surface area contributed by atoms with Crippen LogP contribution in [-0.4, -0.2) is 60.6 Å². The molecule has 0 aromatic heterocycles. The van der Waals surface area contributed by atoms with Crippen LogP contribution in [0.3, 0.4) is 0 Å². The van der Waals surface area contributed by atoms with E-state index in [2.05, 4.69) is 5.32 Å². The quantitative estimate of drug-likeness (QED) is 0.719. The van der Waals surface area contributed by atoms with E-state index in [1.807, 2.05) is 0 Å². The second kappa shape index (κ2) is 9.72. The Morgan fingerprint density at radius 2 is 1.88 bits per heavy atom. The number of nitrogens with one attached hydrogen (secondary N) is 1. The molecule has 0 unspecified atom stereocenters. The average molecular weight is 360 g/mol. The predicted molar refractivity (Wildman–Crippen MR) is 96.7 cm³/mol. The number of nitrogens with zero attached hydrogens (tertiary/aromatic N) is 1. The fourth-order valence-electron chi connectivity index (χ4n) is 2.84. The van der Waals surface area contributed by atoms with Crippen LogP contribution in [0.4, 0.5) is 0 Å². The zero-order chi connectivity index (χ0) is 18.9. The van der Waals surface area contributed by atoms with E-state index < -0.39 is 5.97 Å². The second-order valence-electron chi connectivity index (χ2n) is 6.05. The highest BCUT2D eigenvalue weighted by molar-refractivity contribution is 5.95. The third-order valence-electron chi connectivity index (χ3n) is 4.30. The topological polar surface area (TPSA) is 95.9 Å². The minimum atomic E-state index is -0.927. The van der Waals surface area contributed by atoms with Crippen LogP contribution in [0.25, 0.3) is 6.08 Å². The van der Waals surface area contributed by atoms with E-state index in [1.165, 1.54) is 6.08 Å². The molecule has 0 radical (unpaired) electrons. The molecule has 0 bridgehead atoms. The summed E-state index contributed by atoms with van der Waals surface area (Å²) in [5.74, 6) is -1.31.